The van der Waals surface area contributed by atoms with Gasteiger partial charge in [-0.05, 0) is 31.0 Å². The topological polar surface area (TPSA) is 84.0 Å². The van der Waals surface area contributed by atoms with Crippen molar-refractivity contribution in [1.29, 1.82) is 0 Å². The molecule has 0 aliphatic rings. The summed E-state index contributed by atoms with van der Waals surface area (Å²) in [6.07, 6.45) is 1.52. The van der Waals surface area contributed by atoms with Gasteiger partial charge in [0.1, 0.15) is 5.69 Å². The molecule has 23 heavy (non-hydrogen) atoms. The smallest absolute Gasteiger partial charge is 0.270 e. The van der Waals surface area contributed by atoms with Crippen molar-refractivity contribution in [3.8, 4) is 0 Å². The lowest BCUT2D eigenvalue weighted by Crippen LogP contribution is -2.28. The monoisotopic (exact) mass is 312 g/mol. The highest BCUT2D eigenvalue weighted by Gasteiger charge is 2.09. The molecule has 2 rings (SSSR count). The summed E-state index contributed by atoms with van der Waals surface area (Å²) in [6, 6.07) is 8.60. The quantitative estimate of drug-likeness (QED) is 0.801. The Morgan fingerprint density at radius 1 is 1.22 bits per heavy atom. The lowest BCUT2D eigenvalue weighted by molar-refractivity contribution is 0.0943. The maximum absolute atomic E-state index is 12.0. The van der Waals surface area contributed by atoms with Crippen molar-refractivity contribution in [2.75, 3.05) is 11.9 Å². The maximum Gasteiger partial charge on any atom is 0.270 e. The van der Waals surface area contributed by atoms with Crippen LogP contribution in [0.15, 0.2) is 36.5 Å². The molecule has 0 unspecified atom stereocenters. The molecule has 0 bridgehead atoms. The number of nitrogens with zero attached hydrogens (tertiary/aromatic N) is 2. The van der Waals surface area contributed by atoms with Crippen molar-refractivity contribution in [1.82, 2.24) is 15.3 Å². The number of Topliss-reactive ketones (excluding diaryl/α,β-unsaturated/α-hetero) is 1. The Balaban J connectivity index is 2.12. The van der Waals surface area contributed by atoms with Crippen LogP contribution in [0.5, 0.6) is 0 Å². The second-order valence-corrected chi connectivity index (χ2v) is 5.63. The molecule has 6 heteroatoms. The van der Waals surface area contributed by atoms with Gasteiger partial charge in [-0.3, -0.25) is 9.59 Å². The highest BCUT2D eigenvalue weighted by Crippen LogP contribution is 2.15. The zero-order valence-electron chi connectivity index (χ0n) is 13.5. The number of aromatic nitrogens is 2. The Bertz CT molecular complexity index is 713. The minimum Gasteiger partial charge on any atom is -0.350 e. The Hall–Kier alpha value is -2.76. The number of benzene rings is 1. The van der Waals surface area contributed by atoms with Gasteiger partial charge in [0.05, 0.1) is 0 Å². The molecular weight excluding hydrogens is 292 g/mol. The van der Waals surface area contributed by atoms with Gasteiger partial charge in [-0.2, -0.15) is 0 Å². The van der Waals surface area contributed by atoms with Crippen LogP contribution in [0, 0.1) is 5.92 Å². The second-order valence-electron chi connectivity index (χ2n) is 5.63. The van der Waals surface area contributed by atoms with Crippen molar-refractivity contribution in [2.45, 2.75) is 20.8 Å². The summed E-state index contributed by atoms with van der Waals surface area (Å²) in [6.45, 7) is 6.14. The number of carbonyl (C=O) groups is 2. The van der Waals surface area contributed by atoms with Gasteiger partial charge in [0.25, 0.3) is 5.91 Å². The van der Waals surface area contributed by atoms with E-state index in [2.05, 4.69) is 20.6 Å². The molecule has 0 aliphatic heterocycles. The van der Waals surface area contributed by atoms with E-state index in [-0.39, 0.29) is 11.7 Å². The van der Waals surface area contributed by atoms with Crippen LogP contribution >= 0.6 is 0 Å². The van der Waals surface area contributed by atoms with Gasteiger partial charge < -0.3 is 10.6 Å². The molecule has 1 aromatic carbocycles. The van der Waals surface area contributed by atoms with E-state index in [9.17, 15) is 9.59 Å². The van der Waals surface area contributed by atoms with Gasteiger partial charge in [-0.15, -0.1) is 0 Å². The first kappa shape index (κ1) is 16.6. The summed E-state index contributed by atoms with van der Waals surface area (Å²) in [5.41, 5.74) is 1.59. The van der Waals surface area contributed by atoms with Crippen LogP contribution in [0.4, 0.5) is 11.6 Å². The summed E-state index contributed by atoms with van der Waals surface area (Å²) in [5.74, 6) is 0.425. The van der Waals surface area contributed by atoms with Gasteiger partial charge in [0.2, 0.25) is 5.95 Å². The molecule has 120 valence electrons. The summed E-state index contributed by atoms with van der Waals surface area (Å²) >= 11 is 0. The fourth-order valence-electron chi connectivity index (χ4n) is 1.88. The number of hydrogen-bond acceptors (Lipinski definition) is 5. The molecule has 1 aromatic heterocycles. The minimum absolute atomic E-state index is 0.0172. The zero-order valence-corrected chi connectivity index (χ0v) is 13.5. The van der Waals surface area contributed by atoms with E-state index in [4.69, 9.17) is 0 Å². The van der Waals surface area contributed by atoms with Gasteiger partial charge in [-0.25, -0.2) is 9.97 Å². The first-order valence-corrected chi connectivity index (χ1v) is 7.45. The van der Waals surface area contributed by atoms with Crippen LogP contribution in [0.1, 0.15) is 41.6 Å². The molecule has 1 amide bonds. The number of hydrogen-bond donors (Lipinski definition) is 2. The molecule has 0 fully saturated rings. The first-order valence-electron chi connectivity index (χ1n) is 7.45. The van der Waals surface area contributed by atoms with E-state index in [0.29, 0.717) is 35.4 Å². The third-order valence-electron chi connectivity index (χ3n) is 3.08. The number of carbonyl (C=O) groups excluding carboxylic acids is 2. The first-order chi connectivity index (χ1) is 11.0. The van der Waals surface area contributed by atoms with Crippen LogP contribution in [0.2, 0.25) is 0 Å². The summed E-state index contributed by atoms with van der Waals surface area (Å²) in [4.78, 5) is 31.7. The molecule has 0 atom stereocenters. The number of nitrogens with one attached hydrogen (secondary N) is 2. The van der Waals surface area contributed by atoms with Crippen LogP contribution in [-0.4, -0.2) is 28.2 Å². The largest absolute Gasteiger partial charge is 0.350 e. The molecule has 6 nitrogen and oxygen atoms in total. The van der Waals surface area contributed by atoms with Gasteiger partial charge >= 0.3 is 0 Å². The van der Waals surface area contributed by atoms with Gasteiger partial charge in [0, 0.05) is 24.0 Å². The summed E-state index contributed by atoms with van der Waals surface area (Å²) in [7, 11) is 0. The van der Waals surface area contributed by atoms with E-state index in [1.165, 1.54) is 13.1 Å². The fraction of sp³-hybridized carbons (Fsp3) is 0.294. The summed E-state index contributed by atoms with van der Waals surface area (Å²) in [5, 5.41) is 5.82. The lowest BCUT2D eigenvalue weighted by atomic mass is 10.1. The molecule has 0 saturated carbocycles. The predicted octanol–water partition coefficient (Wildman–Crippen LogP) is 2.81. The molecule has 2 N–H and O–H groups in total. The van der Waals surface area contributed by atoms with E-state index >= 15 is 0 Å². The molecule has 0 saturated heterocycles. The lowest BCUT2D eigenvalue weighted by Gasteiger charge is -2.09. The SMILES string of the molecule is CC(=O)c1cccc(Nc2nccc(C(=O)NCC(C)C)n2)c1. The van der Waals surface area contributed by atoms with Crippen LogP contribution in [-0.2, 0) is 0 Å². The third-order valence-corrected chi connectivity index (χ3v) is 3.08. The maximum atomic E-state index is 12.0. The van der Waals surface area contributed by atoms with Gasteiger partial charge in [-0.1, -0.05) is 26.0 Å². The number of amides is 1. The molecule has 0 spiro atoms. The van der Waals surface area contributed by atoms with Crippen LogP contribution in [0.25, 0.3) is 0 Å². The van der Waals surface area contributed by atoms with Crippen molar-refractivity contribution in [3.63, 3.8) is 0 Å². The van der Waals surface area contributed by atoms with E-state index in [1.54, 1.807) is 30.3 Å². The van der Waals surface area contributed by atoms with Gasteiger partial charge in [0.15, 0.2) is 5.78 Å². The highest BCUT2D eigenvalue weighted by molar-refractivity contribution is 5.95. The zero-order chi connectivity index (χ0) is 16.8. The normalized spacial score (nSPS) is 10.4. The average molecular weight is 312 g/mol. The van der Waals surface area contributed by atoms with Crippen LogP contribution in [0.3, 0.4) is 0 Å². The van der Waals surface area contributed by atoms with Crippen molar-refractivity contribution < 1.29 is 9.59 Å². The number of rotatable bonds is 6. The average Bonchev–Trinajstić information content (AvgIpc) is 2.53. The molecule has 2 aromatic rings. The number of anilines is 2. The molecule has 1 heterocycles. The molecule has 0 aliphatic carbocycles. The summed E-state index contributed by atoms with van der Waals surface area (Å²) < 4.78 is 0. The highest BCUT2D eigenvalue weighted by atomic mass is 16.1. The van der Waals surface area contributed by atoms with Crippen molar-refractivity contribution in [3.05, 3.63) is 47.8 Å². The van der Waals surface area contributed by atoms with Crippen molar-refractivity contribution in [2.24, 2.45) is 5.92 Å². The predicted molar refractivity (Wildman–Crippen MR) is 88.9 cm³/mol. The second kappa shape index (κ2) is 7.49. The van der Waals surface area contributed by atoms with Crippen molar-refractivity contribution >= 4 is 23.3 Å². The van der Waals surface area contributed by atoms with Crippen LogP contribution < -0.4 is 10.6 Å². The standard InChI is InChI=1S/C17H20N4O2/c1-11(2)10-19-16(23)15-7-8-18-17(21-15)20-14-6-4-5-13(9-14)12(3)22/h4-9,11H,10H2,1-3H3,(H,19,23)(H,18,20,21). The Kier molecular flexibility index (Phi) is 5.41. The molecular formula is C17H20N4O2. The van der Waals surface area contributed by atoms with E-state index in [0.717, 1.165) is 0 Å². The number of ketones is 1. The Morgan fingerprint density at radius 2 is 2.00 bits per heavy atom. The third kappa shape index (κ3) is 4.88. The Labute approximate surface area is 135 Å². The Morgan fingerprint density at radius 3 is 2.70 bits per heavy atom. The van der Waals surface area contributed by atoms with E-state index in [1.807, 2.05) is 13.8 Å². The molecule has 0 radical (unpaired) electrons. The van der Waals surface area contributed by atoms with E-state index < -0.39 is 0 Å². The minimum atomic E-state index is -0.235. The fourth-order valence-corrected chi connectivity index (χ4v) is 1.88.